The van der Waals surface area contributed by atoms with Crippen LogP contribution >= 0.6 is 0 Å². The highest BCUT2D eigenvalue weighted by atomic mass is 16.5. The Morgan fingerprint density at radius 1 is 1.13 bits per heavy atom. The molecular formula is C20H23NO2. The van der Waals surface area contributed by atoms with E-state index in [0.29, 0.717) is 13.1 Å². The number of aryl methyl sites for hydroxylation is 1. The standard InChI is InChI=1S/C20H23NO2/c1-15-7-6-10-18(11-15)20(22)21-13-16(2)23-19(14-21)12-17-8-4-3-5-9-17/h3-11,16,19H,12-14H2,1-2H3. The van der Waals surface area contributed by atoms with E-state index in [1.807, 2.05) is 61.2 Å². The molecule has 3 heteroatoms. The summed E-state index contributed by atoms with van der Waals surface area (Å²) in [6.45, 7) is 5.34. The van der Waals surface area contributed by atoms with E-state index in [1.54, 1.807) is 0 Å². The van der Waals surface area contributed by atoms with Crippen molar-refractivity contribution >= 4 is 5.91 Å². The number of morpholine rings is 1. The van der Waals surface area contributed by atoms with Gasteiger partial charge in [-0.2, -0.15) is 0 Å². The maximum Gasteiger partial charge on any atom is 0.254 e. The summed E-state index contributed by atoms with van der Waals surface area (Å²) in [5.41, 5.74) is 3.12. The number of amides is 1. The lowest BCUT2D eigenvalue weighted by atomic mass is 10.0. The van der Waals surface area contributed by atoms with E-state index >= 15 is 0 Å². The number of hydrogen-bond acceptors (Lipinski definition) is 2. The molecule has 0 bridgehead atoms. The largest absolute Gasteiger partial charge is 0.371 e. The predicted molar refractivity (Wildman–Crippen MR) is 91.6 cm³/mol. The molecule has 0 spiro atoms. The average molecular weight is 309 g/mol. The molecule has 1 aliphatic heterocycles. The molecule has 0 N–H and O–H groups in total. The maximum atomic E-state index is 12.8. The SMILES string of the molecule is Cc1cccc(C(=O)N2CC(C)OC(Cc3ccccc3)C2)c1. The molecule has 0 radical (unpaired) electrons. The van der Waals surface area contributed by atoms with Crippen LogP contribution in [0.15, 0.2) is 54.6 Å². The molecule has 3 nitrogen and oxygen atoms in total. The van der Waals surface area contributed by atoms with E-state index in [2.05, 4.69) is 12.1 Å². The Morgan fingerprint density at radius 3 is 2.65 bits per heavy atom. The predicted octanol–water partition coefficient (Wildman–Crippen LogP) is 3.47. The minimum atomic E-state index is 0.0508. The number of nitrogens with zero attached hydrogens (tertiary/aromatic N) is 1. The molecule has 1 heterocycles. The highest BCUT2D eigenvalue weighted by Gasteiger charge is 2.29. The van der Waals surface area contributed by atoms with Crippen LogP contribution in [0.25, 0.3) is 0 Å². The van der Waals surface area contributed by atoms with E-state index in [1.165, 1.54) is 5.56 Å². The number of ether oxygens (including phenoxy) is 1. The second-order valence-corrected chi connectivity index (χ2v) is 6.34. The van der Waals surface area contributed by atoms with Crippen LogP contribution in [-0.2, 0) is 11.2 Å². The van der Waals surface area contributed by atoms with Crippen LogP contribution in [0.4, 0.5) is 0 Å². The summed E-state index contributed by atoms with van der Waals surface area (Å²) in [5, 5.41) is 0. The minimum Gasteiger partial charge on any atom is -0.371 e. The summed E-state index contributed by atoms with van der Waals surface area (Å²) in [7, 11) is 0. The highest BCUT2D eigenvalue weighted by molar-refractivity contribution is 5.94. The van der Waals surface area contributed by atoms with Gasteiger partial charge in [-0.3, -0.25) is 4.79 Å². The molecule has 2 atom stereocenters. The van der Waals surface area contributed by atoms with E-state index in [0.717, 1.165) is 17.5 Å². The first-order valence-corrected chi connectivity index (χ1v) is 8.17. The first-order valence-electron chi connectivity index (χ1n) is 8.17. The van der Waals surface area contributed by atoms with Crippen LogP contribution in [0.1, 0.15) is 28.4 Å². The maximum absolute atomic E-state index is 12.8. The van der Waals surface area contributed by atoms with Gasteiger partial charge in [0.2, 0.25) is 0 Å². The number of carbonyl (C=O) groups excluding carboxylic acids is 1. The lowest BCUT2D eigenvalue weighted by Crippen LogP contribution is -2.49. The van der Waals surface area contributed by atoms with Crippen molar-refractivity contribution in [1.82, 2.24) is 4.90 Å². The summed E-state index contributed by atoms with van der Waals surface area (Å²) in [6, 6.07) is 18.1. The molecule has 1 fully saturated rings. The van der Waals surface area contributed by atoms with Crippen LogP contribution in [0.5, 0.6) is 0 Å². The third-order valence-corrected chi connectivity index (χ3v) is 4.18. The smallest absolute Gasteiger partial charge is 0.254 e. The average Bonchev–Trinajstić information content (AvgIpc) is 2.54. The number of rotatable bonds is 3. The molecule has 23 heavy (non-hydrogen) atoms. The Balaban J connectivity index is 1.71. The highest BCUT2D eigenvalue weighted by Crippen LogP contribution is 2.18. The van der Waals surface area contributed by atoms with Crippen LogP contribution < -0.4 is 0 Å². The fourth-order valence-electron chi connectivity index (χ4n) is 3.16. The third kappa shape index (κ3) is 3.99. The van der Waals surface area contributed by atoms with Gasteiger partial charge in [-0.1, -0.05) is 48.0 Å². The van der Waals surface area contributed by atoms with Crippen molar-refractivity contribution in [3.05, 3.63) is 71.3 Å². The summed E-state index contributed by atoms with van der Waals surface area (Å²) >= 11 is 0. The summed E-state index contributed by atoms with van der Waals surface area (Å²) in [6.07, 6.45) is 0.948. The van der Waals surface area contributed by atoms with Crippen molar-refractivity contribution in [1.29, 1.82) is 0 Å². The van der Waals surface area contributed by atoms with Crippen LogP contribution in [0.3, 0.4) is 0 Å². The Bertz CT molecular complexity index is 668. The third-order valence-electron chi connectivity index (χ3n) is 4.18. The Morgan fingerprint density at radius 2 is 1.91 bits per heavy atom. The van der Waals surface area contributed by atoms with Crippen molar-refractivity contribution in [2.45, 2.75) is 32.5 Å². The lowest BCUT2D eigenvalue weighted by Gasteiger charge is -2.37. The minimum absolute atomic E-state index is 0.0508. The Labute approximate surface area is 137 Å². The van der Waals surface area contributed by atoms with Gasteiger partial charge in [0.05, 0.1) is 12.2 Å². The molecule has 1 aliphatic rings. The van der Waals surface area contributed by atoms with Gasteiger partial charge < -0.3 is 9.64 Å². The van der Waals surface area contributed by atoms with Crippen molar-refractivity contribution in [2.24, 2.45) is 0 Å². The monoisotopic (exact) mass is 309 g/mol. The van der Waals surface area contributed by atoms with Gasteiger partial charge in [-0.15, -0.1) is 0 Å². The fourth-order valence-corrected chi connectivity index (χ4v) is 3.16. The lowest BCUT2D eigenvalue weighted by molar-refractivity contribution is -0.0664. The molecule has 0 saturated carbocycles. The van der Waals surface area contributed by atoms with Crippen LogP contribution in [0, 0.1) is 6.92 Å². The molecule has 0 aromatic heterocycles. The van der Waals surface area contributed by atoms with Crippen LogP contribution in [-0.4, -0.2) is 36.1 Å². The molecular weight excluding hydrogens is 286 g/mol. The van der Waals surface area contributed by atoms with Gasteiger partial charge in [0, 0.05) is 25.1 Å². The molecule has 3 rings (SSSR count). The van der Waals surface area contributed by atoms with E-state index < -0.39 is 0 Å². The molecule has 2 aromatic rings. The quantitative estimate of drug-likeness (QED) is 0.869. The molecule has 1 saturated heterocycles. The zero-order chi connectivity index (χ0) is 16.2. The summed E-state index contributed by atoms with van der Waals surface area (Å²) in [5.74, 6) is 0.0990. The van der Waals surface area contributed by atoms with Crippen molar-refractivity contribution in [2.75, 3.05) is 13.1 Å². The van der Waals surface area contributed by atoms with E-state index in [9.17, 15) is 4.79 Å². The van der Waals surface area contributed by atoms with E-state index in [-0.39, 0.29) is 18.1 Å². The van der Waals surface area contributed by atoms with Crippen molar-refractivity contribution < 1.29 is 9.53 Å². The molecule has 1 amide bonds. The molecule has 120 valence electrons. The zero-order valence-electron chi connectivity index (χ0n) is 13.7. The number of carbonyl (C=O) groups is 1. The Kier molecular flexibility index (Phi) is 4.77. The summed E-state index contributed by atoms with van der Waals surface area (Å²) in [4.78, 5) is 14.7. The normalized spacial score (nSPS) is 21.2. The van der Waals surface area contributed by atoms with Gasteiger partial charge in [-0.05, 0) is 31.5 Å². The zero-order valence-corrected chi connectivity index (χ0v) is 13.7. The summed E-state index contributed by atoms with van der Waals surface area (Å²) < 4.78 is 6.04. The Hall–Kier alpha value is -2.13. The van der Waals surface area contributed by atoms with Gasteiger partial charge in [0.25, 0.3) is 5.91 Å². The van der Waals surface area contributed by atoms with E-state index in [4.69, 9.17) is 4.74 Å². The van der Waals surface area contributed by atoms with Crippen LogP contribution in [0.2, 0.25) is 0 Å². The van der Waals surface area contributed by atoms with Gasteiger partial charge >= 0.3 is 0 Å². The second kappa shape index (κ2) is 6.97. The first kappa shape index (κ1) is 15.8. The molecule has 0 aliphatic carbocycles. The number of benzene rings is 2. The van der Waals surface area contributed by atoms with Gasteiger partial charge in [0.15, 0.2) is 0 Å². The van der Waals surface area contributed by atoms with Crippen molar-refractivity contribution in [3.63, 3.8) is 0 Å². The first-order chi connectivity index (χ1) is 11.1. The topological polar surface area (TPSA) is 29.5 Å². The van der Waals surface area contributed by atoms with Gasteiger partial charge in [-0.25, -0.2) is 0 Å². The fraction of sp³-hybridized carbons (Fsp3) is 0.350. The molecule has 2 aromatic carbocycles. The number of hydrogen-bond donors (Lipinski definition) is 0. The van der Waals surface area contributed by atoms with Crippen molar-refractivity contribution in [3.8, 4) is 0 Å². The van der Waals surface area contributed by atoms with Gasteiger partial charge in [0.1, 0.15) is 0 Å². The second-order valence-electron chi connectivity index (χ2n) is 6.34. The molecule has 2 unspecified atom stereocenters.